The lowest BCUT2D eigenvalue weighted by Gasteiger charge is -2.10. The third-order valence-electron chi connectivity index (χ3n) is 2.16. The van der Waals surface area contributed by atoms with Crippen molar-refractivity contribution in [2.24, 2.45) is 0 Å². The Balaban J connectivity index is 3.00. The van der Waals surface area contributed by atoms with E-state index in [1.165, 1.54) is 0 Å². The van der Waals surface area contributed by atoms with Gasteiger partial charge in [-0.3, -0.25) is 0 Å². The molecule has 0 aliphatic carbocycles. The van der Waals surface area contributed by atoms with Gasteiger partial charge in [-0.25, -0.2) is 9.97 Å². The molecule has 14 heavy (non-hydrogen) atoms. The SMILES string of the molecule is CCCC(C)c1nc(C)c(Br)c(Cl)n1. The van der Waals surface area contributed by atoms with E-state index in [-0.39, 0.29) is 0 Å². The molecule has 0 aliphatic heterocycles. The van der Waals surface area contributed by atoms with Crippen molar-refractivity contribution in [3.63, 3.8) is 0 Å². The van der Waals surface area contributed by atoms with Crippen molar-refractivity contribution >= 4 is 27.5 Å². The molecular weight excluding hydrogens is 263 g/mol. The Kier molecular flexibility index (Phi) is 4.32. The smallest absolute Gasteiger partial charge is 0.147 e. The summed E-state index contributed by atoms with van der Waals surface area (Å²) in [6, 6.07) is 0. The van der Waals surface area contributed by atoms with Gasteiger partial charge >= 0.3 is 0 Å². The van der Waals surface area contributed by atoms with Crippen LogP contribution in [0.25, 0.3) is 0 Å². The molecule has 0 radical (unpaired) electrons. The normalized spacial score (nSPS) is 12.9. The van der Waals surface area contributed by atoms with Gasteiger partial charge in [-0.2, -0.15) is 0 Å². The van der Waals surface area contributed by atoms with Crippen molar-refractivity contribution < 1.29 is 0 Å². The Morgan fingerprint density at radius 2 is 2.07 bits per heavy atom. The molecule has 1 aromatic heterocycles. The van der Waals surface area contributed by atoms with Crippen molar-refractivity contribution in [2.45, 2.75) is 39.5 Å². The summed E-state index contributed by atoms with van der Waals surface area (Å²) >= 11 is 9.31. The van der Waals surface area contributed by atoms with Crippen LogP contribution in [0.4, 0.5) is 0 Å². The molecule has 0 fully saturated rings. The molecule has 1 heterocycles. The molecule has 0 aliphatic rings. The van der Waals surface area contributed by atoms with Crippen molar-refractivity contribution in [2.75, 3.05) is 0 Å². The highest BCUT2D eigenvalue weighted by Gasteiger charge is 2.12. The maximum Gasteiger partial charge on any atom is 0.147 e. The summed E-state index contributed by atoms with van der Waals surface area (Å²) < 4.78 is 0.798. The molecule has 0 amide bonds. The monoisotopic (exact) mass is 276 g/mol. The average molecular weight is 278 g/mol. The van der Waals surface area contributed by atoms with Crippen LogP contribution in [0, 0.1) is 6.92 Å². The molecule has 1 aromatic rings. The molecule has 4 heteroatoms. The Labute approximate surface area is 98.2 Å². The minimum atomic E-state index is 0.379. The average Bonchev–Trinajstić information content (AvgIpc) is 2.13. The molecule has 0 N–H and O–H groups in total. The zero-order valence-corrected chi connectivity index (χ0v) is 11.0. The fourth-order valence-electron chi connectivity index (χ4n) is 1.33. The molecule has 1 rings (SSSR count). The third kappa shape index (κ3) is 2.67. The molecule has 1 atom stereocenters. The van der Waals surface area contributed by atoms with Gasteiger partial charge in [-0.1, -0.05) is 31.9 Å². The topological polar surface area (TPSA) is 25.8 Å². The van der Waals surface area contributed by atoms with E-state index in [0.29, 0.717) is 11.1 Å². The van der Waals surface area contributed by atoms with Crippen molar-refractivity contribution in [1.29, 1.82) is 0 Å². The van der Waals surface area contributed by atoms with Crippen LogP contribution in [0.2, 0.25) is 5.15 Å². The Morgan fingerprint density at radius 3 is 2.57 bits per heavy atom. The number of hydrogen-bond acceptors (Lipinski definition) is 2. The number of rotatable bonds is 3. The highest BCUT2D eigenvalue weighted by molar-refractivity contribution is 9.10. The maximum atomic E-state index is 5.97. The molecule has 2 nitrogen and oxygen atoms in total. The van der Waals surface area contributed by atoms with Gasteiger partial charge in [-0.15, -0.1) is 0 Å². The molecule has 0 aromatic carbocycles. The lowest BCUT2D eigenvalue weighted by Crippen LogP contribution is -2.03. The summed E-state index contributed by atoms with van der Waals surface area (Å²) in [4.78, 5) is 8.67. The molecule has 78 valence electrons. The first-order valence-corrected chi connectivity index (χ1v) is 5.92. The largest absolute Gasteiger partial charge is 0.237 e. The fourth-order valence-corrected chi connectivity index (χ4v) is 1.73. The molecule has 0 saturated heterocycles. The van der Waals surface area contributed by atoms with E-state index in [4.69, 9.17) is 11.6 Å². The van der Waals surface area contributed by atoms with Crippen molar-refractivity contribution in [3.8, 4) is 0 Å². The van der Waals surface area contributed by atoms with Gasteiger partial charge in [0.05, 0.1) is 10.2 Å². The van der Waals surface area contributed by atoms with Gasteiger partial charge in [-0.05, 0) is 29.3 Å². The number of halogens is 2. The Morgan fingerprint density at radius 1 is 1.43 bits per heavy atom. The van der Waals surface area contributed by atoms with E-state index < -0.39 is 0 Å². The van der Waals surface area contributed by atoms with Gasteiger partial charge in [0.2, 0.25) is 0 Å². The quantitative estimate of drug-likeness (QED) is 0.777. The van der Waals surface area contributed by atoms with Crippen LogP contribution in [0.15, 0.2) is 4.47 Å². The van der Waals surface area contributed by atoms with Crippen LogP contribution in [-0.2, 0) is 0 Å². The number of aromatic nitrogens is 2. The van der Waals surface area contributed by atoms with Crippen molar-refractivity contribution in [3.05, 3.63) is 21.1 Å². The van der Waals surface area contributed by atoms with Crippen LogP contribution < -0.4 is 0 Å². The van der Waals surface area contributed by atoms with Gasteiger partial charge in [0.15, 0.2) is 0 Å². The van der Waals surface area contributed by atoms with E-state index in [0.717, 1.165) is 28.8 Å². The summed E-state index contributed by atoms with van der Waals surface area (Å²) in [5.74, 6) is 1.22. The second-order valence-corrected chi connectivity index (χ2v) is 4.61. The predicted molar refractivity (Wildman–Crippen MR) is 62.8 cm³/mol. The predicted octanol–water partition coefficient (Wildman–Crippen LogP) is 4.10. The van der Waals surface area contributed by atoms with E-state index in [9.17, 15) is 0 Å². The first kappa shape index (κ1) is 11.9. The minimum absolute atomic E-state index is 0.379. The summed E-state index contributed by atoms with van der Waals surface area (Å²) in [6.45, 7) is 6.21. The van der Waals surface area contributed by atoms with Gasteiger partial charge in [0.1, 0.15) is 11.0 Å². The zero-order valence-electron chi connectivity index (χ0n) is 8.64. The van der Waals surface area contributed by atoms with E-state index in [1.807, 2.05) is 6.92 Å². The summed E-state index contributed by atoms with van der Waals surface area (Å²) in [5.41, 5.74) is 0.906. The van der Waals surface area contributed by atoms with Gasteiger partial charge < -0.3 is 0 Å². The second-order valence-electron chi connectivity index (χ2n) is 3.46. The lowest BCUT2D eigenvalue weighted by atomic mass is 10.1. The van der Waals surface area contributed by atoms with Crippen molar-refractivity contribution in [1.82, 2.24) is 9.97 Å². The number of nitrogens with zero attached hydrogens (tertiary/aromatic N) is 2. The van der Waals surface area contributed by atoms with Crippen LogP contribution in [0.1, 0.15) is 44.1 Å². The highest BCUT2D eigenvalue weighted by atomic mass is 79.9. The second kappa shape index (κ2) is 5.08. The van der Waals surface area contributed by atoms with Gasteiger partial charge in [0, 0.05) is 5.92 Å². The van der Waals surface area contributed by atoms with E-state index >= 15 is 0 Å². The summed E-state index contributed by atoms with van der Waals surface area (Å²) in [5, 5.41) is 0.510. The molecule has 1 unspecified atom stereocenters. The third-order valence-corrected chi connectivity index (χ3v) is 3.61. The molecular formula is C10H14BrClN2. The van der Waals surface area contributed by atoms with Crippen LogP contribution in [0.3, 0.4) is 0 Å². The van der Waals surface area contributed by atoms with Crippen LogP contribution in [0.5, 0.6) is 0 Å². The zero-order chi connectivity index (χ0) is 10.7. The summed E-state index contributed by atoms with van der Waals surface area (Å²) in [6.07, 6.45) is 2.23. The highest BCUT2D eigenvalue weighted by Crippen LogP contribution is 2.26. The lowest BCUT2D eigenvalue weighted by molar-refractivity contribution is 0.623. The molecule has 0 saturated carbocycles. The Hall–Kier alpha value is -0.150. The van der Waals surface area contributed by atoms with E-state index in [2.05, 4.69) is 39.7 Å². The van der Waals surface area contributed by atoms with Crippen LogP contribution >= 0.6 is 27.5 Å². The Bertz CT molecular complexity index is 305. The standard InChI is InChI=1S/C10H14BrClN2/c1-4-5-6(2)10-13-7(3)8(11)9(12)14-10/h6H,4-5H2,1-3H3. The fraction of sp³-hybridized carbons (Fsp3) is 0.600. The van der Waals surface area contributed by atoms with Gasteiger partial charge in [0.25, 0.3) is 0 Å². The van der Waals surface area contributed by atoms with Crippen LogP contribution in [-0.4, -0.2) is 9.97 Å². The van der Waals surface area contributed by atoms with E-state index in [1.54, 1.807) is 0 Å². The maximum absolute atomic E-state index is 5.97. The summed E-state index contributed by atoms with van der Waals surface area (Å²) in [7, 11) is 0. The molecule has 0 bridgehead atoms. The first-order valence-electron chi connectivity index (χ1n) is 4.75. The molecule has 0 spiro atoms. The number of aryl methyl sites for hydroxylation is 1. The first-order chi connectivity index (χ1) is 6.56. The number of hydrogen-bond donors (Lipinski definition) is 0. The minimum Gasteiger partial charge on any atom is -0.237 e.